The molecule has 1 atom stereocenters. The molecule has 1 saturated heterocycles. The lowest BCUT2D eigenvalue weighted by molar-refractivity contribution is 0.450. The average Bonchev–Trinajstić information content (AvgIpc) is 2.80. The Kier molecular flexibility index (Phi) is 4.17. The van der Waals surface area contributed by atoms with E-state index in [1.54, 1.807) is 11.3 Å². The first-order chi connectivity index (χ1) is 8.07. The van der Waals surface area contributed by atoms with Crippen molar-refractivity contribution in [3.63, 3.8) is 0 Å². The molecule has 0 saturated carbocycles. The van der Waals surface area contributed by atoms with E-state index in [2.05, 4.69) is 17.2 Å². The molecule has 0 spiro atoms. The highest BCUT2D eigenvalue weighted by molar-refractivity contribution is 7.91. The lowest BCUT2D eigenvalue weighted by Gasteiger charge is -2.24. The van der Waals surface area contributed by atoms with E-state index in [1.165, 1.54) is 0 Å². The summed E-state index contributed by atoms with van der Waals surface area (Å²) in [7, 11) is -2.75. The van der Waals surface area contributed by atoms with Gasteiger partial charge in [-0.05, 0) is 12.8 Å². The van der Waals surface area contributed by atoms with Crippen LogP contribution < -0.4 is 5.32 Å². The highest BCUT2D eigenvalue weighted by Crippen LogP contribution is 2.18. The highest BCUT2D eigenvalue weighted by Gasteiger charge is 2.23. The van der Waals surface area contributed by atoms with Gasteiger partial charge >= 0.3 is 0 Å². The molecule has 2 rings (SSSR count). The van der Waals surface area contributed by atoms with Gasteiger partial charge in [-0.15, -0.1) is 11.3 Å². The maximum atomic E-state index is 11.3. The molecule has 0 radical (unpaired) electrons. The largest absolute Gasteiger partial charge is 0.313 e. The Bertz CT molecular complexity index is 428. The maximum Gasteiger partial charge on any atom is 0.150 e. The van der Waals surface area contributed by atoms with Crippen molar-refractivity contribution in [2.24, 2.45) is 0 Å². The zero-order valence-electron chi connectivity index (χ0n) is 9.93. The van der Waals surface area contributed by atoms with Gasteiger partial charge in [-0.3, -0.25) is 0 Å². The predicted octanol–water partition coefficient (Wildman–Crippen LogP) is 1.41. The summed E-state index contributed by atoms with van der Waals surface area (Å²) in [6, 6.07) is 0.348. The third kappa shape index (κ3) is 3.76. The number of nitrogens with one attached hydrogen (secondary N) is 1. The zero-order chi connectivity index (χ0) is 12.3. The van der Waals surface area contributed by atoms with Crippen molar-refractivity contribution in [1.29, 1.82) is 0 Å². The summed E-state index contributed by atoms with van der Waals surface area (Å²) in [5.74, 6) is 1.06. The van der Waals surface area contributed by atoms with Gasteiger partial charge in [0.15, 0.2) is 0 Å². The minimum Gasteiger partial charge on any atom is -0.313 e. The average molecular weight is 274 g/mol. The van der Waals surface area contributed by atoms with Gasteiger partial charge in [0.25, 0.3) is 0 Å². The van der Waals surface area contributed by atoms with Gasteiger partial charge in [0.05, 0.1) is 16.5 Å². The van der Waals surface area contributed by atoms with Crippen molar-refractivity contribution < 1.29 is 8.42 Å². The Morgan fingerprint density at radius 1 is 1.53 bits per heavy atom. The second kappa shape index (κ2) is 5.46. The van der Waals surface area contributed by atoms with Crippen LogP contribution in [0, 0.1) is 0 Å². The van der Waals surface area contributed by atoms with Crippen LogP contribution in [0.25, 0.3) is 0 Å². The van der Waals surface area contributed by atoms with Crippen LogP contribution >= 0.6 is 11.3 Å². The number of hydrogen-bond acceptors (Lipinski definition) is 5. The fourth-order valence-electron chi connectivity index (χ4n) is 2.00. The van der Waals surface area contributed by atoms with E-state index in [4.69, 9.17) is 0 Å². The van der Waals surface area contributed by atoms with Crippen LogP contribution in [0.5, 0.6) is 0 Å². The smallest absolute Gasteiger partial charge is 0.150 e. The number of rotatable bonds is 4. The number of sulfone groups is 1. The summed E-state index contributed by atoms with van der Waals surface area (Å²) in [4.78, 5) is 4.29. The minimum atomic E-state index is -2.75. The van der Waals surface area contributed by atoms with E-state index in [1.807, 2.05) is 11.6 Å². The molecule has 4 nitrogen and oxygen atoms in total. The van der Waals surface area contributed by atoms with Crippen molar-refractivity contribution in [3.8, 4) is 0 Å². The lowest BCUT2D eigenvalue weighted by Crippen LogP contribution is -2.39. The van der Waals surface area contributed by atoms with Gasteiger partial charge in [-0.2, -0.15) is 0 Å². The van der Waals surface area contributed by atoms with E-state index in [0.29, 0.717) is 23.5 Å². The molecule has 0 bridgehead atoms. The Morgan fingerprint density at radius 2 is 2.24 bits per heavy atom. The van der Waals surface area contributed by atoms with Crippen molar-refractivity contribution >= 4 is 21.2 Å². The van der Waals surface area contributed by atoms with Crippen LogP contribution in [-0.2, 0) is 9.84 Å². The summed E-state index contributed by atoms with van der Waals surface area (Å²) < 4.78 is 22.6. The predicted molar refractivity (Wildman–Crippen MR) is 70.2 cm³/mol. The molecule has 1 fully saturated rings. The Hall–Kier alpha value is -0.460. The lowest BCUT2D eigenvalue weighted by atomic mass is 10.1. The van der Waals surface area contributed by atoms with E-state index >= 15 is 0 Å². The topological polar surface area (TPSA) is 59.1 Å². The van der Waals surface area contributed by atoms with Crippen LogP contribution in [0.3, 0.4) is 0 Å². The third-order valence-corrected chi connectivity index (χ3v) is 5.86. The van der Waals surface area contributed by atoms with Gasteiger partial charge in [-0.1, -0.05) is 6.92 Å². The molecule has 17 heavy (non-hydrogen) atoms. The second-order valence-corrected chi connectivity index (χ2v) is 7.84. The number of thiazole rings is 1. The van der Waals surface area contributed by atoms with E-state index in [0.717, 1.165) is 24.4 Å². The van der Waals surface area contributed by atoms with Crippen LogP contribution in [0.4, 0.5) is 0 Å². The van der Waals surface area contributed by atoms with Gasteiger partial charge in [0.2, 0.25) is 0 Å². The molecule has 1 aliphatic rings. The quantitative estimate of drug-likeness (QED) is 0.902. The standard InChI is InChI=1S/C11H18N2O2S2/c1-9(11-12-4-5-16-11)8-13-10-2-6-17(14,15)7-3-10/h4-5,9-10,13H,2-3,6-8H2,1H3. The molecule has 6 heteroatoms. The molecule has 1 N–H and O–H groups in total. The van der Waals surface area contributed by atoms with Gasteiger partial charge in [-0.25, -0.2) is 13.4 Å². The van der Waals surface area contributed by atoms with Crippen LogP contribution in [0.2, 0.25) is 0 Å². The summed E-state index contributed by atoms with van der Waals surface area (Å²) in [5.41, 5.74) is 0. The summed E-state index contributed by atoms with van der Waals surface area (Å²) in [5, 5.41) is 6.57. The third-order valence-electron chi connectivity index (χ3n) is 3.14. The number of hydrogen-bond donors (Lipinski definition) is 1. The van der Waals surface area contributed by atoms with Gasteiger partial charge in [0, 0.05) is 30.1 Å². The molecule has 1 unspecified atom stereocenters. The second-order valence-electron chi connectivity index (χ2n) is 4.61. The molecule has 96 valence electrons. The molecular weight excluding hydrogens is 256 g/mol. The van der Waals surface area contributed by atoms with Crippen molar-refractivity contribution in [2.45, 2.75) is 31.7 Å². The van der Waals surface area contributed by atoms with Gasteiger partial charge < -0.3 is 5.32 Å². The first-order valence-electron chi connectivity index (χ1n) is 5.90. The van der Waals surface area contributed by atoms with Crippen LogP contribution in [-0.4, -0.2) is 37.5 Å². The Balaban J connectivity index is 1.76. The Labute approximate surface area is 106 Å². The number of aromatic nitrogens is 1. The molecule has 0 aliphatic carbocycles. The molecule has 0 amide bonds. The van der Waals surface area contributed by atoms with E-state index in [-0.39, 0.29) is 0 Å². The maximum absolute atomic E-state index is 11.3. The van der Waals surface area contributed by atoms with E-state index < -0.39 is 9.84 Å². The monoisotopic (exact) mass is 274 g/mol. The van der Waals surface area contributed by atoms with Crippen molar-refractivity contribution in [3.05, 3.63) is 16.6 Å². The first-order valence-corrected chi connectivity index (χ1v) is 8.60. The zero-order valence-corrected chi connectivity index (χ0v) is 11.6. The minimum absolute atomic E-state index is 0.330. The molecular formula is C11H18N2O2S2. The summed E-state index contributed by atoms with van der Waals surface area (Å²) in [6.07, 6.45) is 3.31. The summed E-state index contributed by atoms with van der Waals surface area (Å²) >= 11 is 1.67. The summed E-state index contributed by atoms with van der Waals surface area (Å²) in [6.45, 7) is 3.02. The van der Waals surface area contributed by atoms with Gasteiger partial charge in [0.1, 0.15) is 9.84 Å². The molecule has 1 aromatic rings. The molecule has 2 heterocycles. The first kappa shape index (κ1) is 13.0. The fraction of sp³-hybridized carbons (Fsp3) is 0.727. The molecule has 1 aromatic heterocycles. The fourth-order valence-corrected chi connectivity index (χ4v) is 4.19. The van der Waals surface area contributed by atoms with Crippen molar-refractivity contribution in [1.82, 2.24) is 10.3 Å². The Morgan fingerprint density at radius 3 is 2.82 bits per heavy atom. The SMILES string of the molecule is CC(CNC1CCS(=O)(=O)CC1)c1nccs1. The molecule has 1 aliphatic heterocycles. The highest BCUT2D eigenvalue weighted by atomic mass is 32.2. The molecule has 0 aromatic carbocycles. The van der Waals surface area contributed by atoms with Crippen molar-refractivity contribution in [2.75, 3.05) is 18.1 Å². The normalized spacial score (nSPS) is 22.4. The number of nitrogens with zero attached hydrogens (tertiary/aromatic N) is 1. The van der Waals surface area contributed by atoms with E-state index in [9.17, 15) is 8.42 Å². The van der Waals surface area contributed by atoms with Crippen LogP contribution in [0.15, 0.2) is 11.6 Å². The van der Waals surface area contributed by atoms with Crippen LogP contribution in [0.1, 0.15) is 30.7 Å².